The largest absolute Gasteiger partial charge is 0.376 e. The fraction of sp³-hybridized carbons (Fsp3) is 0.379. The predicted molar refractivity (Wildman–Crippen MR) is 137 cm³/mol. The minimum absolute atomic E-state index is 0.0445. The van der Waals surface area contributed by atoms with E-state index < -0.39 is 11.9 Å². The Labute approximate surface area is 216 Å². The number of carbonyl (C=O) groups is 2. The zero-order valence-corrected chi connectivity index (χ0v) is 20.7. The fourth-order valence-electron chi connectivity index (χ4n) is 5.01. The molecule has 2 amide bonds. The van der Waals surface area contributed by atoms with Gasteiger partial charge in [-0.3, -0.25) is 9.59 Å². The number of H-pyrrole nitrogens is 1. The van der Waals surface area contributed by atoms with Crippen LogP contribution in [-0.2, 0) is 14.3 Å². The summed E-state index contributed by atoms with van der Waals surface area (Å²) in [6.07, 6.45) is 3.32. The summed E-state index contributed by atoms with van der Waals surface area (Å²) < 4.78 is 25.3. The topological polar surface area (TPSA) is 83.7 Å². The molecule has 7 nitrogen and oxygen atoms in total. The Morgan fingerprint density at radius 2 is 1.65 bits per heavy atom. The van der Waals surface area contributed by atoms with Gasteiger partial charge in [0, 0.05) is 32.0 Å². The molecule has 2 aliphatic rings. The van der Waals surface area contributed by atoms with Crippen molar-refractivity contribution in [3.63, 3.8) is 0 Å². The highest BCUT2D eigenvalue weighted by Gasteiger charge is 2.35. The van der Waals surface area contributed by atoms with E-state index in [9.17, 15) is 14.0 Å². The number of hydrogen-bond donors (Lipinski definition) is 2. The van der Waals surface area contributed by atoms with E-state index in [0.717, 1.165) is 36.9 Å². The van der Waals surface area contributed by atoms with Crippen LogP contribution in [0.1, 0.15) is 47.8 Å². The average molecular weight is 506 g/mol. The lowest BCUT2D eigenvalue weighted by Crippen LogP contribution is -2.48. The number of nitrogens with one attached hydrogen (secondary N) is 2. The molecule has 3 heterocycles. The summed E-state index contributed by atoms with van der Waals surface area (Å²) in [5.74, 6) is -1.06. The molecule has 0 aliphatic carbocycles. The molecule has 5 rings (SSSR count). The van der Waals surface area contributed by atoms with Crippen molar-refractivity contribution in [3.8, 4) is 11.3 Å². The second kappa shape index (κ2) is 11.7. The molecule has 2 saturated heterocycles. The summed E-state index contributed by atoms with van der Waals surface area (Å²) in [4.78, 5) is 32.4. The Morgan fingerprint density at radius 1 is 0.946 bits per heavy atom. The van der Waals surface area contributed by atoms with Gasteiger partial charge in [0.25, 0.3) is 5.91 Å². The summed E-state index contributed by atoms with van der Waals surface area (Å²) in [7, 11) is 0. The van der Waals surface area contributed by atoms with Crippen molar-refractivity contribution in [2.75, 3.05) is 26.3 Å². The van der Waals surface area contributed by atoms with Crippen molar-refractivity contribution in [2.24, 2.45) is 0 Å². The second-order valence-electron chi connectivity index (χ2n) is 9.58. The Kier molecular flexibility index (Phi) is 7.96. The maximum absolute atomic E-state index is 14.0. The zero-order valence-electron chi connectivity index (χ0n) is 20.7. The lowest BCUT2D eigenvalue weighted by Gasteiger charge is -2.33. The molecule has 2 aliphatic heterocycles. The molecule has 37 heavy (non-hydrogen) atoms. The maximum atomic E-state index is 14.0. The van der Waals surface area contributed by atoms with E-state index in [2.05, 4.69) is 10.3 Å². The van der Waals surface area contributed by atoms with Crippen LogP contribution in [0.3, 0.4) is 0 Å². The van der Waals surface area contributed by atoms with E-state index in [4.69, 9.17) is 9.47 Å². The summed E-state index contributed by atoms with van der Waals surface area (Å²) >= 11 is 0. The molecule has 8 heteroatoms. The van der Waals surface area contributed by atoms with Crippen molar-refractivity contribution >= 4 is 11.8 Å². The van der Waals surface area contributed by atoms with Gasteiger partial charge < -0.3 is 24.7 Å². The third-order valence-corrected chi connectivity index (χ3v) is 6.96. The maximum Gasteiger partial charge on any atom is 0.271 e. The fourth-order valence-corrected chi connectivity index (χ4v) is 5.01. The van der Waals surface area contributed by atoms with Gasteiger partial charge in [-0.1, -0.05) is 42.5 Å². The lowest BCUT2D eigenvalue weighted by atomic mass is 10.0. The van der Waals surface area contributed by atoms with Gasteiger partial charge in [-0.15, -0.1) is 0 Å². The minimum atomic E-state index is -0.956. The van der Waals surface area contributed by atoms with E-state index >= 15 is 0 Å². The van der Waals surface area contributed by atoms with Gasteiger partial charge in [-0.05, 0) is 61.1 Å². The van der Waals surface area contributed by atoms with Gasteiger partial charge in [0.15, 0.2) is 0 Å². The SMILES string of the molecule is O=C(NC[C@@H]1CCCO1)[C@@H](c1ccc(F)cc1)N(C[C@H]1CCCO1)C(=O)c1ccc(-c2ccccc2)[nH]1. The Morgan fingerprint density at radius 3 is 2.32 bits per heavy atom. The van der Waals surface area contributed by atoms with Crippen LogP contribution >= 0.6 is 0 Å². The standard InChI is InChI=1S/C29H32FN3O4/c30-22-12-10-21(11-13-22)27(28(34)31-18-23-8-4-16-36-23)33(19-24-9-5-17-37-24)29(35)26-15-14-25(32-26)20-6-2-1-3-7-20/h1-3,6-7,10-15,23-24,27,32H,4-5,8-9,16-19H2,(H,31,34)/t23-,24+,27+/m0/s1. The Balaban J connectivity index is 1.46. The lowest BCUT2D eigenvalue weighted by molar-refractivity contribution is -0.126. The van der Waals surface area contributed by atoms with E-state index in [1.165, 1.54) is 12.1 Å². The molecule has 2 fully saturated rings. The number of benzene rings is 2. The number of aromatic nitrogens is 1. The van der Waals surface area contributed by atoms with E-state index in [1.807, 2.05) is 36.4 Å². The molecular formula is C29H32FN3O4. The molecule has 2 aromatic carbocycles. The molecule has 3 aromatic rings. The van der Waals surface area contributed by atoms with Gasteiger partial charge >= 0.3 is 0 Å². The first-order valence-corrected chi connectivity index (χ1v) is 12.9. The summed E-state index contributed by atoms with van der Waals surface area (Å²) in [6.45, 7) is 1.91. The van der Waals surface area contributed by atoms with Crippen LogP contribution in [0.15, 0.2) is 66.7 Å². The van der Waals surface area contributed by atoms with Crippen molar-refractivity contribution in [2.45, 2.75) is 43.9 Å². The van der Waals surface area contributed by atoms with Crippen molar-refractivity contribution in [3.05, 3.63) is 83.8 Å². The van der Waals surface area contributed by atoms with E-state index in [1.54, 1.807) is 23.1 Å². The smallest absolute Gasteiger partial charge is 0.271 e. The molecule has 0 unspecified atom stereocenters. The van der Waals surface area contributed by atoms with Gasteiger partial charge in [-0.25, -0.2) is 4.39 Å². The molecule has 0 bridgehead atoms. The molecule has 3 atom stereocenters. The highest BCUT2D eigenvalue weighted by atomic mass is 19.1. The quantitative estimate of drug-likeness (QED) is 0.449. The first-order valence-electron chi connectivity index (χ1n) is 12.9. The number of ether oxygens (including phenoxy) is 2. The molecule has 1 aromatic heterocycles. The van der Waals surface area contributed by atoms with Gasteiger partial charge in [-0.2, -0.15) is 0 Å². The third kappa shape index (κ3) is 6.09. The van der Waals surface area contributed by atoms with Crippen molar-refractivity contribution in [1.29, 1.82) is 0 Å². The number of carbonyl (C=O) groups excluding carboxylic acids is 2. The average Bonchev–Trinajstić information content (AvgIpc) is 3.72. The molecule has 0 radical (unpaired) electrons. The Hall–Kier alpha value is -3.49. The van der Waals surface area contributed by atoms with Crippen molar-refractivity contribution < 1.29 is 23.5 Å². The molecule has 0 spiro atoms. The number of halogens is 1. The summed E-state index contributed by atoms with van der Waals surface area (Å²) in [6, 6.07) is 18.1. The minimum Gasteiger partial charge on any atom is -0.376 e. The number of aromatic amines is 1. The second-order valence-corrected chi connectivity index (χ2v) is 9.58. The van der Waals surface area contributed by atoms with Crippen LogP contribution in [0.2, 0.25) is 0 Å². The van der Waals surface area contributed by atoms with Crippen LogP contribution in [0.5, 0.6) is 0 Å². The normalized spacial score (nSPS) is 20.0. The van der Waals surface area contributed by atoms with Crippen LogP contribution in [0.25, 0.3) is 11.3 Å². The zero-order chi connectivity index (χ0) is 25.6. The van der Waals surface area contributed by atoms with Crippen LogP contribution in [-0.4, -0.2) is 60.2 Å². The number of amides is 2. The Bertz CT molecular complexity index is 1190. The first-order chi connectivity index (χ1) is 18.1. The van der Waals surface area contributed by atoms with Crippen molar-refractivity contribution in [1.82, 2.24) is 15.2 Å². The molecule has 0 saturated carbocycles. The molecular weight excluding hydrogens is 473 g/mol. The first kappa shape index (κ1) is 25.2. The highest BCUT2D eigenvalue weighted by Crippen LogP contribution is 2.28. The third-order valence-electron chi connectivity index (χ3n) is 6.96. The number of nitrogens with zero attached hydrogens (tertiary/aromatic N) is 1. The van der Waals surface area contributed by atoms with E-state index in [-0.39, 0.29) is 30.6 Å². The highest BCUT2D eigenvalue weighted by molar-refractivity contribution is 5.97. The monoisotopic (exact) mass is 505 g/mol. The van der Waals surface area contributed by atoms with Crippen LogP contribution < -0.4 is 5.32 Å². The molecule has 194 valence electrons. The van der Waals surface area contributed by atoms with Crippen LogP contribution in [0, 0.1) is 5.82 Å². The summed E-state index contributed by atoms with van der Waals surface area (Å²) in [5, 5.41) is 2.98. The van der Waals surface area contributed by atoms with E-state index in [0.29, 0.717) is 31.0 Å². The van der Waals surface area contributed by atoms with Crippen LogP contribution in [0.4, 0.5) is 4.39 Å². The van der Waals surface area contributed by atoms with Gasteiger partial charge in [0.2, 0.25) is 5.91 Å². The molecule has 2 N–H and O–H groups in total. The predicted octanol–water partition coefficient (Wildman–Crippen LogP) is 4.48. The number of hydrogen-bond acceptors (Lipinski definition) is 4. The van der Waals surface area contributed by atoms with Gasteiger partial charge in [0.05, 0.1) is 12.2 Å². The number of rotatable bonds is 9. The van der Waals surface area contributed by atoms with Gasteiger partial charge in [0.1, 0.15) is 17.6 Å². The summed E-state index contributed by atoms with van der Waals surface area (Å²) in [5.41, 5.74) is 2.67.